The Morgan fingerprint density at radius 3 is 2.30 bits per heavy atom. The second kappa shape index (κ2) is 14.2. The van der Waals surface area contributed by atoms with Crippen LogP contribution < -0.4 is 4.40 Å². The van der Waals surface area contributed by atoms with Crippen LogP contribution in [-0.2, 0) is 26.7 Å². The zero-order valence-electron chi connectivity index (χ0n) is 28.3. The number of benzene rings is 2. The van der Waals surface area contributed by atoms with Gasteiger partial charge in [0.15, 0.2) is 0 Å². The largest absolute Gasteiger partial charge is 0 e. The molecule has 0 fully saturated rings. The van der Waals surface area contributed by atoms with Gasteiger partial charge < -0.3 is 8.98 Å². The zero-order chi connectivity index (χ0) is 32.6. The molecule has 0 atom stereocenters. The van der Waals surface area contributed by atoms with Crippen molar-refractivity contribution in [3.63, 3.8) is 0 Å². The molecule has 0 unspecified atom stereocenters. The third-order valence-corrected chi connectivity index (χ3v) is 12.5. The summed E-state index contributed by atoms with van der Waals surface area (Å²) >= 11 is -1.72. The van der Waals surface area contributed by atoms with Crippen molar-refractivity contribution >= 4 is 50.8 Å². The van der Waals surface area contributed by atoms with Crippen LogP contribution in [0.2, 0.25) is 17.3 Å². The number of hydrogen-bond donors (Lipinski definition) is 0. The normalized spacial score (nSPS) is 11.7. The molecule has 0 aliphatic carbocycles. The van der Waals surface area contributed by atoms with E-state index in [4.69, 9.17) is 14.4 Å². The molecule has 2 aromatic carbocycles. The molecule has 0 aliphatic heterocycles. The predicted molar refractivity (Wildman–Crippen MR) is 192 cm³/mol. The maximum absolute atomic E-state index is 6.02. The van der Waals surface area contributed by atoms with E-state index in [9.17, 15) is 0 Å². The summed E-state index contributed by atoms with van der Waals surface area (Å²) in [7, 11) is 0. The van der Waals surface area contributed by atoms with Gasteiger partial charge in [-0.05, 0) is 37.0 Å². The van der Waals surface area contributed by atoms with E-state index in [1.54, 1.807) is 0 Å². The van der Waals surface area contributed by atoms with E-state index in [0.717, 1.165) is 68.0 Å². The Balaban J connectivity index is 0.000000217. The number of nitrogens with zero attached hydrogens (tertiary/aromatic N) is 5. The molecule has 0 saturated heterocycles. The fourth-order valence-corrected chi connectivity index (χ4v) is 7.83. The number of pyridine rings is 3. The third kappa shape index (κ3) is 7.13. The molecular formula is C39H41GeIrN5O-2. The second-order valence-corrected chi connectivity index (χ2v) is 24.0. The Morgan fingerprint density at radius 2 is 1.66 bits per heavy atom. The summed E-state index contributed by atoms with van der Waals surface area (Å²) in [6.45, 7) is 11.6. The minimum atomic E-state index is -1.72. The summed E-state index contributed by atoms with van der Waals surface area (Å²) in [5.41, 5.74) is 8.69. The van der Waals surface area contributed by atoms with E-state index in [-0.39, 0.29) is 20.1 Å². The van der Waals surface area contributed by atoms with Gasteiger partial charge in [-0.1, -0.05) is 33.1 Å². The van der Waals surface area contributed by atoms with Crippen molar-refractivity contribution in [2.45, 2.75) is 70.3 Å². The van der Waals surface area contributed by atoms with Crippen molar-refractivity contribution in [1.82, 2.24) is 24.5 Å². The van der Waals surface area contributed by atoms with Crippen LogP contribution in [0.5, 0.6) is 0 Å². The van der Waals surface area contributed by atoms with Gasteiger partial charge in [-0.2, -0.15) is 0 Å². The van der Waals surface area contributed by atoms with Gasteiger partial charge >= 0.3 is 99.8 Å². The predicted octanol–water partition coefficient (Wildman–Crippen LogP) is 9.55. The van der Waals surface area contributed by atoms with Crippen molar-refractivity contribution in [1.29, 1.82) is 0 Å². The molecule has 0 amide bonds. The molecule has 0 spiro atoms. The van der Waals surface area contributed by atoms with Crippen LogP contribution in [0.1, 0.15) is 57.8 Å². The summed E-state index contributed by atoms with van der Waals surface area (Å²) in [6, 6.07) is 29.1. The van der Waals surface area contributed by atoms with Crippen LogP contribution in [0.3, 0.4) is 0 Å². The first kappa shape index (κ1) is 34.7. The minimum absolute atomic E-state index is 0. The molecule has 47 heavy (non-hydrogen) atoms. The van der Waals surface area contributed by atoms with E-state index in [2.05, 4.69) is 109 Å². The SMILES string of the molecule is CCn1c(-c2[c-]cc3oc4nc(C(C)C)ccc4c3c2)nc2ccnc(C(C)C)c21.[CH3][Ge]([CH3])([CH3])[c]1ccc(-c2[c-]cccc2)nc1.[Ir]. The number of imidazole rings is 1. The Morgan fingerprint density at radius 1 is 0.851 bits per heavy atom. The molecule has 1 radical (unpaired) electrons. The van der Waals surface area contributed by atoms with Crippen LogP contribution >= 0.6 is 0 Å². The topological polar surface area (TPSA) is 69.6 Å². The number of rotatable bonds is 6. The van der Waals surface area contributed by atoms with Gasteiger partial charge in [0.05, 0.1) is 28.1 Å². The van der Waals surface area contributed by atoms with Crippen molar-refractivity contribution in [2.24, 2.45) is 0 Å². The van der Waals surface area contributed by atoms with Crippen LogP contribution in [0.15, 0.2) is 83.5 Å². The molecule has 5 heterocycles. The Labute approximate surface area is 293 Å². The number of fused-ring (bicyclic) bond motifs is 4. The van der Waals surface area contributed by atoms with Gasteiger partial charge in [-0.15, -0.1) is 23.8 Å². The fourth-order valence-electron chi connectivity index (χ4n) is 5.66. The number of aryl methyl sites for hydroxylation is 1. The van der Waals surface area contributed by atoms with Crippen molar-refractivity contribution in [3.05, 3.63) is 103 Å². The first-order valence-electron chi connectivity index (χ1n) is 16.1. The van der Waals surface area contributed by atoms with Gasteiger partial charge in [0.25, 0.3) is 0 Å². The summed E-state index contributed by atoms with van der Waals surface area (Å²) in [5.74, 6) is 8.74. The van der Waals surface area contributed by atoms with E-state index in [1.165, 1.54) is 4.40 Å². The molecule has 7 rings (SSSR count). The molecule has 0 bridgehead atoms. The Bertz CT molecular complexity index is 2130. The van der Waals surface area contributed by atoms with Crippen LogP contribution in [-0.4, -0.2) is 37.8 Å². The Hall–Kier alpha value is -3.65. The van der Waals surface area contributed by atoms with E-state index in [0.29, 0.717) is 17.5 Å². The quantitative estimate of drug-likeness (QED) is 0.123. The molecule has 243 valence electrons. The first-order chi connectivity index (χ1) is 22.0. The van der Waals surface area contributed by atoms with Gasteiger partial charge in [-0.3, -0.25) is 9.97 Å². The smallest absolute Gasteiger partial charge is 0 e. The molecule has 8 heteroatoms. The van der Waals surface area contributed by atoms with Crippen molar-refractivity contribution in [2.75, 3.05) is 0 Å². The summed E-state index contributed by atoms with van der Waals surface area (Å²) in [4.78, 5) is 18.8. The van der Waals surface area contributed by atoms with E-state index in [1.807, 2.05) is 48.8 Å². The molecule has 0 saturated carbocycles. The average Bonchev–Trinajstić information content (AvgIpc) is 3.62. The summed E-state index contributed by atoms with van der Waals surface area (Å²) in [5, 5.41) is 2.06. The van der Waals surface area contributed by atoms with Crippen molar-refractivity contribution < 1.29 is 24.5 Å². The van der Waals surface area contributed by atoms with E-state index >= 15 is 0 Å². The van der Waals surface area contributed by atoms with Crippen LogP contribution in [0.4, 0.5) is 0 Å². The van der Waals surface area contributed by atoms with Crippen molar-refractivity contribution in [3.8, 4) is 22.6 Å². The number of hydrogen-bond acceptors (Lipinski definition) is 5. The molecule has 7 aromatic rings. The minimum Gasteiger partial charge on any atom is 0 e. The standard InChI is InChI=1S/C25H25N4O.C14H16GeN.Ir/c1-6-29-23-20(11-12-26-22(23)15(4)5)27-24(29)16-7-10-21-18(13-16)17-8-9-19(14(2)3)28-25(17)30-21;1-15(2,3)13-9-10-14(16-11-13)12-7-5-4-6-8-12;/h8-15H,6H2,1-5H3;4-7,9-11H,1-3H3;/q2*-1;. The molecular weight excluding hydrogens is 819 g/mol. The maximum atomic E-state index is 6.02. The van der Waals surface area contributed by atoms with E-state index < -0.39 is 13.3 Å². The number of aromatic nitrogens is 5. The Kier molecular flexibility index (Phi) is 10.5. The zero-order valence-corrected chi connectivity index (χ0v) is 32.8. The van der Waals surface area contributed by atoms with Crippen LogP contribution in [0.25, 0.3) is 55.7 Å². The maximum Gasteiger partial charge on any atom is 0 e. The second-order valence-electron chi connectivity index (χ2n) is 13.3. The van der Waals surface area contributed by atoms with Gasteiger partial charge in [0.1, 0.15) is 0 Å². The molecule has 0 N–H and O–H groups in total. The fraction of sp³-hybridized carbons (Fsp3) is 0.282. The molecule has 0 aliphatic rings. The molecule has 6 nitrogen and oxygen atoms in total. The third-order valence-electron chi connectivity index (χ3n) is 8.28. The monoisotopic (exact) mass is 862 g/mol. The van der Waals surface area contributed by atoms with Gasteiger partial charge in [0.2, 0.25) is 5.71 Å². The van der Waals surface area contributed by atoms with Gasteiger partial charge in [0, 0.05) is 43.9 Å². The summed E-state index contributed by atoms with van der Waals surface area (Å²) in [6.07, 6.45) is 3.89. The van der Waals surface area contributed by atoms with Crippen LogP contribution in [0, 0.1) is 12.1 Å². The summed E-state index contributed by atoms with van der Waals surface area (Å²) < 4.78 is 9.71. The molecule has 5 aromatic heterocycles. The van der Waals surface area contributed by atoms with Gasteiger partial charge in [-0.25, -0.2) is 4.98 Å². The number of furan rings is 1. The average molecular weight is 861 g/mol. The first-order valence-corrected chi connectivity index (χ1v) is 23.4.